The molecule has 6 rings (SSSR count). The van der Waals surface area contributed by atoms with Crippen molar-refractivity contribution in [3.05, 3.63) is 36.5 Å². The maximum atomic E-state index is 11.9. The van der Waals surface area contributed by atoms with Crippen LogP contribution in [0.25, 0.3) is 0 Å². The molecule has 0 bridgehead atoms. The van der Waals surface area contributed by atoms with Gasteiger partial charge in [0.2, 0.25) is 17.7 Å². The number of nitrogens with one attached hydrogen (secondary N) is 3. The fourth-order valence-electron chi connectivity index (χ4n) is 7.66. The van der Waals surface area contributed by atoms with E-state index in [0.29, 0.717) is 15.0 Å². The minimum Gasteiger partial charge on any atom is -0.379 e. The van der Waals surface area contributed by atoms with Crippen molar-refractivity contribution in [1.82, 2.24) is 45.8 Å². The van der Waals surface area contributed by atoms with Gasteiger partial charge in [-0.05, 0) is 19.3 Å². The molecule has 0 spiro atoms. The lowest BCUT2D eigenvalue weighted by Gasteiger charge is -2.19. The van der Waals surface area contributed by atoms with Gasteiger partial charge in [-0.2, -0.15) is 8.42 Å². The first kappa shape index (κ1) is 73.3. The summed E-state index contributed by atoms with van der Waals surface area (Å²) in [7, 11) is -4.96. The standard InChI is InChI=1S/C23H28N4O10.C16H19N3O8.C12H12N2O9S.CH4/c28-15(3-1-5-23(36)37-27-21(34)10-11-22(27)35)13-25-18(31)7-6-16(29)14-24-17(30)4-2-12-26-19(32)8-9-20(26)33;20-11(5-8-18-12(21)1-2-13(18)22)17-7-10-26-9-6-16(25)27-19-14(23)3-4-15(19)24;15-8-1-2-9(16)13(8)6-5-7(24(20,21)22)12(19)23-14-10(17)3-4-11(14)18;/h8-9H,1-7,10-14H2,(H,24,30)(H,25,31);1-2H,3-10H2,(H,17,20);1-2,7H,3-6H2,(H,20,21,22);1H4. The Morgan fingerprint density at radius 2 is 0.820 bits per heavy atom. The lowest BCUT2D eigenvalue weighted by atomic mass is 10.1. The summed E-state index contributed by atoms with van der Waals surface area (Å²) in [6.45, 7) is -0.661. The normalized spacial score (nSPS) is 16.4. The first-order chi connectivity index (χ1) is 41.5. The maximum Gasteiger partial charge on any atom is 0.353 e. The molecule has 15 amide bonds. The first-order valence-electron chi connectivity index (χ1n) is 26.7. The van der Waals surface area contributed by atoms with Crippen LogP contribution >= 0.6 is 0 Å². The predicted octanol–water partition coefficient (Wildman–Crippen LogP) is -4.15. The van der Waals surface area contributed by atoms with E-state index in [0.717, 1.165) is 46.3 Å². The Hall–Kier alpha value is -9.91. The topological polar surface area (TPSA) is 488 Å². The van der Waals surface area contributed by atoms with Crippen LogP contribution in [-0.2, 0) is 125 Å². The monoisotopic (exact) mass is 1280 g/mol. The van der Waals surface area contributed by atoms with Crippen LogP contribution in [0.4, 0.5) is 0 Å². The highest BCUT2D eigenvalue weighted by molar-refractivity contribution is 7.87. The summed E-state index contributed by atoms with van der Waals surface area (Å²) in [5.41, 5.74) is 0. The minimum atomic E-state index is -4.96. The summed E-state index contributed by atoms with van der Waals surface area (Å²) in [6.07, 6.45) is 5.11. The summed E-state index contributed by atoms with van der Waals surface area (Å²) >= 11 is 0. The van der Waals surface area contributed by atoms with Gasteiger partial charge in [-0.25, -0.2) is 14.4 Å². The molecule has 0 aromatic carbocycles. The number of carbonyl (C=O) groups is 20. The van der Waals surface area contributed by atoms with Gasteiger partial charge in [-0.1, -0.05) is 7.43 Å². The van der Waals surface area contributed by atoms with Gasteiger partial charge >= 0.3 is 17.9 Å². The molecule has 0 aromatic heterocycles. The molecule has 3 saturated heterocycles. The van der Waals surface area contributed by atoms with Gasteiger partial charge in [0, 0.05) is 140 Å². The molecule has 37 heteroatoms. The highest BCUT2D eigenvalue weighted by Gasteiger charge is 2.41. The Bertz CT molecular complexity index is 3000. The lowest BCUT2D eigenvalue weighted by Crippen LogP contribution is -2.42. The van der Waals surface area contributed by atoms with E-state index in [4.69, 9.17) is 9.29 Å². The average molecular weight is 1280 g/mol. The van der Waals surface area contributed by atoms with E-state index in [1.54, 1.807) is 0 Å². The summed E-state index contributed by atoms with van der Waals surface area (Å²) in [5, 5.41) is 6.18. The third kappa shape index (κ3) is 24.4. The van der Waals surface area contributed by atoms with Crippen molar-refractivity contribution in [3.8, 4) is 0 Å². The first-order valence-corrected chi connectivity index (χ1v) is 28.2. The van der Waals surface area contributed by atoms with Crippen molar-refractivity contribution in [2.75, 3.05) is 52.5 Å². The molecule has 0 aromatic rings. The van der Waals surface area contributed by atoms with Gasteiger partial charge in [0.1, 0.15) is 0 Å². The molecule has 0 saturated carbocycles. The number of nitrogens with zero attached hydrogens (tertiary/aromatic N) is 6. The van der Waals surface area contributed by atoms with Crippen molar-refractivity contribution in [3.63, 3.8) is 0 Å². The Labute approximate surface area is 505 Å². The molecule has 4 N–H and O–H groups in total. The van der Waals surface area contributed by atoms with Crippen LogP contribution in [0.15, 0.2) is 36.5 Å². The van der Waals surface area contributed by atoms with E-state index >= 15 is 0 Å². The van der Waals surface area contributed by atoms with Gasteiger partial charge in [-0.15, -0.1) is 15.2 Å². The minimum absolute atomic E-state index is 0. The highest BCUT2D eigenvalue weighted by Crippen LogP contribution is 2.18. The van der Waals surface area contributed by atoms with E-state index in [1.165, 1.54) is 0 Å². The second-order valence-corrected chi connectivity index (χ2v) is 20.5. The summed E-state index contributed by atoms with van der Waals surface area (Å²) in [4.78, 5) is 247. The second kappa shape index (κ2) is 35.7. The molecule has 0 radical (unpaired) electrons. The fourth-order valence-corrected chi connectivity index (χ4v) is 8.35. The molecule has 6 aliphatic heterocycles. The molecule has 1 unspecified atom stereocenters. The molecule has 0 aliphatic carbocycles. The van der Waals surface area contributed by atoms with E-state index < -0.39 is 135 Å². The maximum absolute atomic E-state index is 11.9. The van der Waals surface area contributed by atoms with Crippen molar-refractivity contribution in [1.29, 1.82) is 0 Å². The number of rotatable bonds is 32. The Kier molecular flexibility index (Phi) is 29.4. The summed E-state index contributed by atoms with van der Waals surface area (Å²) < 4.78 is 37.0. The second-order valence-electron chi connectivity index (χ2n) is 18.9. The van der Waals surface area contributed by atoms with Crippen LogP contribution in [0.1, 0.15) is 110 Å². The van der Waals surface area contributed by atoms with E-state index in [2.05, 4.69) is 30.5 Å². The van der Waals surface area contributed by atoms with Crippen LogP contribution in [0.2, 0.25) is 0 Å². The Balaban J connectivity index is 0.000000356. The molecule has 1 atom stereocenters. The van der Waals surface area contributed by atoms with Crippen LogP contribution < -0.4 is 16.0 Å². The van der Waals surface area contributed by atoms with Gasteiger partial charge in [0.05, 0.1) is 32.7 Å². The number of Topliss-reactive ketones (excluding diaryl/α,β-unsaturated/α-hetero) is 2. The predicted molar refractivity (Wildman–Crippen MR) is 287 cm³/mol. The zero-order chi connectivity index (χ0) is 65.3. The Morgan fingerprint density at radius 3 is 1.27 bits per heavy atom. The summed E-state index contributed by atoms with van der Waals surface area (Å²) in [5.74, 6) is -12.3. The number of imide groups is 6. The Morgan fingerprint density at radius 1 is 0.438 bits per heavy atom. The van der Waals surface area contributed by atoms with E-state index in [-0.39, 0.29) is 166 Å². The third-order valence-corrected chi connectivity index (χ3v) is 13.5. The molecule has 6 aliphatic rings. The number of hydrogen-bond acceptors (Lipinski definition) is 26. The molecular formula is C52H63N9O27S. The zero-order valence-corrected chi connectivity index (χ0v) is 47.5. The van der Waals surface area contributed by atoms with E-state index in [9.17, 15) is 104 Å². The molecule has 3 fully saturated rings. The fraction of sp³-hybridized carbons (Fsp3) is 0.500. The molecule has 6 heterocycles. The van der Waals surface area contributed by atoms with Crippen molar-refractivity contribution < 1.29 is 128 Å². The third-order valence-electron chi connectivity index (χ3n) is 12.3. The number of amides is 15. The smallest absolute Gasteiger partial charge is 0.353 e. The van der Waals surface area contributed by atoms with Crippen LogP contribution in [-0.4, -0.2) is 219 Å². The molecular weight excluding hydrogens is 1210 g/mol. The van der Waals surface area contributed by atoms with Crippen LogP contribution in [0, 0.1) is 0 Å². The molecule has 89 heavy (non-hydrogen) atoms. The van der Waals surface area contributed by atoms with Gasteiger partial charge in [0.25, 0.3) is 81.0 Å². The molecule has 484 valence electrons. The van der Waals surface area contributed by atoms with Gasteiger partial charge in [-0.3, -0.25) is 101 Å². The number of ether oxygens (including phenoxy) is 1. The van der Waals surface area contributed by atoms with Crippen LogP contribution in [0.3, 0.4) is 0 Å². The number of hydroxylamine groups is 6. The lowest BCUT2D eigenvalue weighted by molar-refractivity contribution is -0.198. The van der Waals surface area contributed by atoms with E-state index in [1.807, 2.05) is 0 Å². The largest absolute Gasteiger partial charge is 0.379 e. The van der Waals surface area contributed by atoms with Gasteiger partial charge in [0.15, 0.2) is 16.8 Å². The van der Waals surface area contributed by atoms with Crippen LogP contribution in [0.5, 0.6) is 0 Å². The summed E-state index contributed by atoms with van der Waals surface area (Å²) in [6, 6.07) is 0. The van der Waals surface area contributed by atoms with Gasteiger partial charge < -0.3 is 35.2 Å². The zero-order valence-electron chi connectivity index (χ0n) is 46.7. The SMILES string of the molecule is C.O=C(CCC(=O)NCC(=O)CCCC(=O)ON1C(=O)CCC1=O)CNC(=O)CCCN1C(=O)C=CC1=O.O=C(CCN1C(=O)C=CC1=O)NCCOCCC(=O)ON1C(=O)CCC1=O.O=C(ON1C(=O)CCC1=O)C(CCN1C(=O)C=CC1=O)S(=O)(=O)O. The molecule has 36 nitrogen and oxygen atoms in total. The van der Waals surface area contributed by atoms with Crippen molar-refractivity contribution in [2.24, 2.45) is 0 Å². The quantitative estimate of drug-likeness (QED) is 0.0282. The average Bonchev–Trinajstić information content (AvgIpc) is 3.66. The number of carbonyl (C=O) groups excluding carboxylic acids is 20. The number of ketones is 2. The van der Waals surface area contributed by atoms with Crippen molar-refractivity contribution >= 4 is 128 Å². The van der Waals surface area contributed by atoms with Crippen molar-refractivity contribution in [2.45, 2.75) is 115 Å². The highest BCUT2D eigenvalue weighted by atomic mass is 32.2. The number of hydrogen-bond donors (Lipinski definition) is 4.